The Kier molecular flexibility index (Phi) is 6.74. The molecule has 0 spiro atoms. The Morgan fingerprint density at radius 2 is 2.07 bits per heavy atom. The van der Waals surface area contributed by atoms with E-state index in [0.717, 1.165) is 4.90 Å². The fourth-order valence-corrected chi connectivity index (χ4v) is 3.91. The second-order valence-corrected chi connectivity index (χ2v) is 8.47. The second-order valence-electron chi connectivity index (χ2n) is 8.47. The number of halogens is 3. The minimum atomic E-state index is -4.52. The molecule has 2 aliphatic heterocycles. The van der Waals surface area contributed by atoms with Crippen LogP contribution in [-0.4, -0.2) is 59.9 Å². The van der Waals surface area contributed by atoms with Crippen LogP contribution in [0.15, 0.2) is 10.9 Å². The first-order chi connectivity index (χ1) is 14.1. The van der Waals surface area contributed by atoms with E-state index in [1.807, 2.05) is 25.7 Å². The average molecular weight is 430 g/mol. The zero-order chi connectivity index (χ0) is 22.1. The summed E-state index contributed by atoms with van der Waals surface area (Å²) < 4.78 is 48.0. The van der Waals surface area contributed by atoms with Crippen LogP contribution in [0, 0.1) is 5.92 Å². The highest BCUT2D eigenvalue weighted by molar-refractivity contribution is 5.83. The quantitative estimate of drug-likeness (QED) is 0.691. The number of fused-ring (bicyclic) bond motifs is 1. The molecule has 7 nitrogen and oxygen atoms in total. The number of hydrogen-bond acceptors (Lipinski definition) is 6. The number of anilines is 2. The number of morpholine rings is 1. The first-order valence-corrected chi connectivity index (χ1v) is 10.4. The maximum absolute atomic E-state index is 13.8. The van der Waals surface area contributed by atoms with Crippen molar-refractivity contribution in [3.63, 3.8) is 0 Å². The molecule has 10 heteroatoms. The van der Waals surface area contributed by atoms with E-state index in [4.69, 9.17) is 4.74 Å². The van der Waals surface area contributed by atoms with Crippen LogP contribution < -0.4 is 15.4 Å². The molecular weight excluding hydrogens is 401 g/mol. The van der Waals surface area contributed by atoms with E-state index in [-0.39, 0.29) is 43.1 Å². The number of rotatable bonds is 6. The van der Waals surface area contributed by atoms with E-state index in [9.17, 15) is 22.8 Å². The fourth-order valence-electron chi connectivity index (χ4n) is 3.91. The number of Topliss-reactive ketones (excluding diaryl/α,β-unsaturated/α-hetero) is 1. The zero-order valence-electron chi connectivity index (χ0n) is 17.6. The number of aromatic nitrogens is 2. The minimum absolute atomic E-state index is 0.0585. The lowest BCUT2D eigenvalue weighted by molar-refractivity contribution is -0.153. The van der Waals surface area contributed by atoms with Gasteiger partial charge in [0.15, 0.2) is 5.78 Å². The van der Waals surface area contributed by atoms with E-state index in [0.29, 0.717) is 32.0 Å². The normalized spacial score (nSPS) is 22.4. The van der Waals surface area contributed by atoms with Crippen LogP contribution in [0.1, 0.15) is 40.0 Å². The average Bonchev–Trinajstić information content (AvgIpc) is 2.66. The van der Waals surface area contributed by atoms with Gasteiger partial charge < -0.3 is 14.5 Å². The molecule has 0 bridgehead atoms. The van der Waals surface area contributed by atoms with Crippen molar-refractivity contribution in [3.05, 3.63) is 16.4 Å². The van der Waals surface area contributed by atoms with Crippen LogP contribution in [0.2, 0.25) is 0 Å². The molecule has 30 heavy (non-hydrogen) atoms. The lowest BCUT2D eigenvalue weighted by atomic mass is 10.0. The van der Waals surface area contributed by atoms with Gasteiger partial charge in [-0.05, 0) is 25.7 Å². The molecule has 1 saturated heterocycles. The number of carbonyl (C=O) groups excluding carboxylic acids is 1. The van der Waals surface area contributed by atoms with E-state index < -0.39 is 24.3 Å². The highest BCUT2D eigenvalue weighted by Crippen LogP contribution is 2.34. The maximum Gasteiger partial charge on any atom is 0.408 e. The van der Waals surface area contributed by atoms with Crippen LogP contribution in [-0.2, 0) is 16.1 Å². The van der Waals surface area contributed by atoms with Gasteiger partial charge in [0.25, 0.3) is 5.56 Å². The smallest absolute Gasteiger partial charge is 0.377 e. The number of ether oxygens (including phenoxy) is 1. The molecule has 0 radical (unpaired) electrons. The lowest BCUT2D eigenvalue weighted by Crippen LogP contribution is -2.54. The minimum Gasteiger partial charge on any atom is -0.377 e. The Balaban J connectivity index is 1.98. The third kappa shape index (κ3) is 4.96. The lowest BCUT2D eigenvalue weighted by Gasteiger charge is -2.40. The molecule has 1 fully saturated rings. The Morgan fingerprint density at radius 3 is 2.70 bits per heavy atom. The van der Waals surface area contributed by atoms with Gasteiger partial charge in [0, 0.05) is 25.6 Å². The molecule has 3 heterocycles. The Bertz CT molecular complexity index is 824. The molecule has 0 amide bonds. The molecule has 3 rings (SSSR count). The van der Waals surface area contributed by atoms with Gasteiger partial charge in [-0.2, -0.15) is 18.2 Å². The number of hydrogen-bond donors (Lipinski definition) is 0. The van der Waals surface area contributed by atoms with Crippen molar-refractivity contribution in [2.75, 3.05) is 36.1 Å². The van der Waals surface area contributed by atoms with Gasteiger partial charge in [0.1, 0.15) is 11.9 Å². The van der Waals surface area contributed by atoms with Gasteiger partial charge in [0.2, 0.25) is 5.95 Å². The van der Waals surface area contributed by atoms with Crippen molar-refractivity contribution in [2.24, 2.45) is 5.92 Å². The SMILES string of the molecule is CC(C)CCC(=O)CN1c2nc(N3CCOC[C@H]3C)cc(=O)n2CC[C@H]1C(F)(F)F. The molecule has 0 N–H and O–H groups in total. The fraction of sp³-hybridized carbons (Fsp3) is 0.750. The summed E-state index contributed by atoms with van der Waals surface area (Å²) in [6.07, 6.45) is -4.01. The van der Waals surface area contributed by atoms with Crippen LogP contribution >= 0.6 is 0 Å². The van der Waals surface area contributed by atoms with Crippen LogP contribution in [0.25, 0.3) is 0 Å². The molecule has 1 aromatic heterocycles. The Morgan fingerprint density at radius 1 is 1.33 bits per heavy atom. The van der Waals surface area contributed by atoms with Crippen molar-refractivity contribution >= 4 is 17.5 Å². The summed E-state index contributed by atoms with van der Waals surface area (Å²) in [5, 5.41) is 0. The summed E-state index contributed by atoms with van der Waals surface area (Å²) in [5.74, 6) is 0.231. The van der Waals surface area contributed by atoms with Gasteiger partial charge in [-0.25, -0.2) is 0 Å². The molecule has 2 aliphatic rings. The Labute approximate surface area is 173 Å². The molecule has 0 saturated carbocycles. The first kappa shape index (κ1) is 22.6. The molecule has 168 valence electrons. The maximum atomic E-state index is 13.8. The number of alkyl halides is 3. The highest BCUT2D eigenvalue weighted by Gasteiger charge is 2.47. The van der Waals surface area contributed by atoms with Crippen molar-refractivity contribution < 1.29 is 22.7 Å². The standard InChI is InChI=1S/C20H29F3N4O3/c1-13(2)4-5-15(28)11-27-16(20(21,22)23)6-7-26-18(29)10-17(24-19(26)27)25-8-9-30-12-14(25)3/h10,13-14,16H,4-9,11-12H2,1-3H3/t14-,16+/m1/s1. The van der Waals surface area contributed by atoms with Crippen molar-refractivity contribution in [2.45, 2.75) is 64.8 Å². The molecule has 0 aromatic carbocycles. The van der Waals surface area contributed by atoms with Gasteiger partial charge in [0.05, 0.1) is 25.8 Å². The first-order valence-electron chi connectivity index (χ1n) is 10.4. The molecule has 1 aromatic rings. The summed E-state index contributed by atoms with van der Waals surface area (Å²) in [6.45, 7) is 6.72. The highest BCUT2D eigenvalue weighted by atomic mass is 19.4. The number of carbonyl (C=O) groups is 1. The van der Waals surface area contributed by atoms with E-state index in [1.54, 1.807) is 0 Å². The monoisotopic (exact) mass is 430 g/mol. The Hall–Kier alpha value is -2.10. The summed E-state index contributed by atoms with van der Waals surface area (Å²) in [5.41, 5.74) is -0.408. The summed E-state index contributed by atoms with van der Waals surface area (Å²) in [6, 6.07) is -0.542. The van der Waals surface area contributed by atoms with Crippen LogP contribution in [0.5, 0.6) is 0 Å². The third-order valence-electron chi connectivity index (χ3n) is 5.62. The summed E-state index contributed by atoms with van der Waals surface area (Å²) >= 11 is 0. The van der Waals surface area contributed by atoms with E-state index >= 15 is 0 Å². The molecule has 0 aliphatic carbocycles. The topological polar surface area (TPSA) is 67.7 Å². The second kappa shape index (κ2) is 8.95. The van der Waals surface area contributed by atoms with Crippen LogP contribution in [0.3, 0.4) is 0 Å². The van der Waals surface area contributed by atoms with E-state index in [2.05, 4.69) is 4.98 Å². The molecular formula is C20H29F3N4O3. The van der Waals surface area contributed by atoms with Crippen LogP contribution in [0.4, 0.5) is 24.9 Å². The summed E-state index contributed by atoms with van der Waals surface area (Å²) in [7, 11) is 0. The van der Waals surface area contributed by atoms with Gasteiger partial charge in [-0.15, -0.1) is 0 Å². The summed E-state index contributed by atoms with van der Waals surface area (Å²) in [4.78, 5) is 32.5. The predicted molar refractivity (Wildman–Crippen MR) is 107 cm³/mol. The van der Waals surface area contributed by atoms with Crippen molar-refractivity contribution in [1.82, 2.24) is 9.55 Å². The predicted octanol–water partition coefficient (Wildman–Crippen LogP) is 2.61. The zero-order valence-corrected chi connectivity index (χ0v) is 17.6. The molecule has 2 atom stereocenters. The largest absolute Gasteiger partial charge is 0.408 e. The molecule has 0 unspecified atom stereocenters. The van der Waals surface area contributed by atoms with Gasteiger partial charge in [-0.1, -0.05) is 13.8 Å². The van der Waals surface area contributed by atoms with Gasteiger partial charge >= 0.3 is 6.18 Å². The van der Waals surface area contributed by atoms with E-state index in [1.165, 1.54) is 10.6 Å². The number of ketones is 1. The third-order valence-corrected chi connectivity index (χ3v) is 5.62. The van der Waals surface area contributed by atoms with Crippen molar-refractivity contribution in [1.29, 1.82) is 0 Å². The number of nitrogens with zero attached hydrogens (tertiary/aromatic N) is 4. The van der Waals surface area contributed by atoms with Crippen molar-refractivity contribution in [3.8, 4) is 0 Å². The van der Waals surface area contributed by atoms with Gasteiger partial charge in [-0.3, -0.25) is 14.2 Å².